The van der Waals surface area contributed by atoms with Crippen LogP contribution in [0.5, 0.6) is 0 Å². The molecule has 1 N–H and O–H groups in total. The maximum absolute atomic E-state index is 12.6. The van der Waals surface area contributed by atoms with Crippen LogP contribution in [-0.2, 0) is 14.3 Å². The van der Waals surface area contributed by atoms with Crippen molar-refractivity contribution in [2.75, 3.05) is 5.32 Å². The van der Waals surface area contributed by atoms with Crippen LogP contribution in [0.2, 0.25) is 5.02 Å². The molecule has 0 saturated carbocycles. The number of hydrogen-bond donors (Lipinski definition) is 1. The lowest BCUT2D eigenvalue weighted by atomic mass is 10.1. The molecule has 2 aromatic carbocycles. The molecule has 8 heteroatoms. The zero-order valence-corrected chi connectivity index (χ0v) is 14.9. The largest absolute Gasteiger partial charge is 0.447 e. The Bertz CT molecular complexity index is 824. The van der Waals surface area contributed by atoms with E-state index in [2.05, 4.69) is 5.32 Å². The van der Waals surface area contributed by atoms with E-state index in [1.54, 1.807) is 44.2 Å². The van der Waals surface area contributed by atoms with E-state index >= 15 is 0 Å². The first-order chi connectivity index (χ1) is 12.3. The molecule has 0 saturated heterocycles. The first kappa shape index (κ1) is 19.4. The third kappa shape index (κ3) is 4.80. The van der Waals surface area contributed by atoms with Gasteiger partial charge >= 0.3 is 5.97 Å². The molecule has 0 aliphatic rings. The summed E-state index contributed by atoms with van der Waals surface area (Å²) in [4.78, 5) is 34.9. The van der Waals surface area contributed by atoms with Gasteiger partial charge in [-0.2, -0.15) is 0 Å². The van der Waals surface area contributed by atoms with Gasteiger partial charge < -0.3 is 10.1 Å². The summed E-state index contributed by atoms with van der Waals surface area (Å²) >= 11 is 5.77. The van der Waals surface area contributed by atoms with Crippen molar-refractivity contribution < 1.29 is 19.2 Å². The molecule has 0 spiro atoms. The van der Waals surface area contributed by atoms with Gasteiger partial charge in [0.25, 0.3) is 11.6 Å². The molecule has 2 rings (SSSR count). The molecule has 0 radical (unpaired) electrons. The van der Waals surface area contributed by atoms with E-state index < -0.39 is 28.8 Å². The van der Waals surface area contributed by atoms with Gasteiger partial charge in [-0.05, 0) is 12.1 Å². The van der Waals surface area contributed by atoms with Crippen molar-refractivity contribution in [2.45, 2.75) is 20.0 Å². The molecule has 0 fully saturated rings. The van der Waals surface area contributed by atoms with E-state index in [0.29, 0.717) is 5.56 Å². The van der Waals surface area contributed by atoms with Crippen LogP contribution in [0.3, 0.4) is 0 Å². The fourth-order valence-electron chi connectivity index (χ4n) is 2.09. The second-order valence-corrected chi connectivity index (χ2v) is 6.20. The summed E-state index contributed by atoms with van der Waals surface area (Å²) in [6.45, 7) is 3.32. The molecule has 0 aliphatic carbocycles. The number of rotatable bonds is 6. The number of amides is 1. The first-order valence-corrected chi connectivity index (χ1v) is 8.17. The van der Waals surface area contributed by atoms with E-state index in [-0.39, 0.29) is 16.4 Å². The van der Waals surface area contributed by atoms with E-state index in [4.69, 9.17) is 16.3 Å². The van der Waals surface area contributed by atoms with Gasteiger partial charge in [0.15, 0.2) is 0 Å². The predicted octanol–water partition coefficient (Wildman–Crippen LogP) is 4.13. The van der Waals surface area contributed by atoms with E-state index in [9.17, 15) is 19.7 Å². The molecule has 136 valence electrons. The fourth-order valence-corrected chi connectivity index (χ4v) is 2.28. The van der Waals surface area contributed by atoms with Crippen LogP contribution in [0.1, 0.15) is 25.5 Å². The minimum atomic E-state index is -1.18. The van der Waals surface area contributed by atoms with Crippen LogP contribution in [-0.4, -0.2) is 16.8 Å². The van der Waals surface area contributed by atoms with Crippen LogP contribution in [0.15, 0.2) is 48.5 Å². The lowest BCUT2D eigenvalue weighted by Gasteiger charge is -2.19. The quantitative estimate of drug-likeness (QED) is 0.464. The number of nitrogens with one attached hydrogen (secondary N) is 1. The van der Waals surface area contributed by atoms with Crippen LogP contribution < -0.4 is 5.32 Å². The monoisotopic (exact) mass is 376 g/mol. The average molecular weight is 377 g/mol. The molecule has 2 aromatic rings. The van der Waals surface area contributed by atoms with Crippen molar-refractivity contribution in [3.05, 3.63) is 69.2 Å². The number of nitro benzene ring substituents is 1. The molecular formula is C18H17ClN2O5. The molecule has 1 amide bonds. The van der Waals surface area contributed by atoms with Crippen LogP contribution in [0, 0.1) is 16.0 Å². The maximum Gasteiger partial charge on any atom is 0.309 e. The SMILES string of the molecule is CC(C)C(=O)OC(C(=O)Nc1ccc(Cl)c([N+](=O)[O-])c1)c1ccccc1. The Labute approximate surface area is 155 Å². The molecule has 0 heterocycles. The van der Waals surface area contributed by atoms with E-state index in [1.165, 1.54) is 12.1 Å². The van der Waals surface area contributed by atoms with Gasteiger partial charge in [-0.1, -0.05) is 55.8 Å². The van der Waals surface area contributed by atoms with E-state index in [0.717, 1.165) is 6.07 Å². The third-order valence-corrected chi connectivity index (χ3v) is 3.78. The Balaban J connectivity index is 2.28. The predicted molar refractivity (Wildman–Crippen MR) is 96.8 cm³/mol. The van der Waals surface area contributed by atoms with Gasteiger partial charge in [0.1, 0.15) is 5.02 Å². The Morgan fingerprint density at radius 3 is 2.38 bits per heavy atom. The lowest BCUT2D eigenvalue weighted by molar-refractivity contribution is -0.384. The summed E-state index contributed by atoms with van der Waals surface area (Å²) in [5.74, 6) is -1.57. The van der Waals surface area contributed by atoms with Gasteiger partial charge in [-0.15, -0.1) is 0 Å². The Morgan fingerprint density at radius 2 is 1.81 bits per heavy atom. The summed E-state index contributed by atoms with van der Waals surface area (Å²) in [7, 11) is 0. The van der Waals surface area contributed by atoms with Crippen molar-refractivity contribution in [1.29, 1.82) is 0 Å². The summed E-state index contributed by atoms with van der Waals surface area (Å²) in [5, 5.41) is 13.5. The Hall–Kier alpha value is -2.93. The van der Waals surface area contributed by atoms with Crippen LogP contribution in [0.4, 0.5) is 11.4 Å². The second-order valence-electron chi connectivity index (χ2n) is 5.79. The molecule has 0 aliphatic heterocycles. The third-order valence-electron chi connectivity index (χ3n) is 3.46. The molecule has 7 nitrogen and oxygen atoms in total. The van der Waals surface area contributed by atoms with Crippen molar-refractivity contribution in [3.8, 4) is 0 Å². The second kappa shape index (κ2) is 8.44. The van der Waals surface area contributed by atoms with Crippen molar-refractivity contribution in [1.82, 2.24) is 0 Å². The fraction of sp³-hybridized carbons (Fsp3) is 0.222. The van der Waals surface area contributed by atoms with Crippen molar-refractivity contribution >= 4 is 34.9 Å². The molecule has 1 atom stereocenters. The highest BCUT2D eigenvalue weighted by atomic mass is 35.5. The molecule has 26 heavy (non-hydrogen) atoms. The standard InChI is InChI=1S/C18H17ClN2O5/c1-11(2)18(23)26-16(12-6-4-3-5-7-12)17(22)20-13-8-9-14(19)15(10-13)21(24)25/h3-11,16H,1-2H3,(H,20,22). The minimum absolute atomic E-state index is 0.0427. The number of esters is 1. The number of nitro groups is 1. The summed E-state index contributed by atoms with van der Waals surface area (Å²) in [6, 6.07) is 12.4. The van der Waals surface area contributed by atoms with Crippen molar-refractivity contribution in [3.63, 3.8) is 0 Å². The van der Waals surface area contributed by atoms with Crippen LogP contribution in [0.25, 0.3) is 0 Å². The number of carbonyl (C=O) groups is 2. The van der Waals surface area contributed by atoms with Gasteiger partial charge in [-0.25, -0.2) is 0 Å². The highest BCUT2D eigenvalue weighted by Gasteiger charge is 2.26. The highest BCUT2D eigenvalue weighted by Crippen LogP contribution is 2.28. The molecular weight excluding hydrogens is 360 g/mol. The molecule has 0 bridgehead atoms. The Morgan fingerprint density at radius 1 is 1.15 bits per heavy atom. The maximum atomic E-state index is 12.6. The van der Waals surface area contributed by atoms with Crippen LogP contribution >= 0.6 is 11.6 Å². The zero-order chi connectivity index (χ0) is 19.3. The number of carbonyl (C=O) groups excluding carboxylic acids is 2. The topological polar surface area (TPSA) is 98.5 Å². The highest BCUT2D eigenvalue weighted by molar-refractivity contribution is 6.32. The van der Waals surface area contributed by atoms with Crippen molar-refractivity contribution in [2.24, 2.45) is 5.92 Å². The van der Waals surface area contributed by atoms with E-state index in [1.807, 2.05) is 0 Å². The summed E-state index contributed by atoms with van der Waals surface area (Å²) in [6.07, 6.45) is -1.18. The number of ether oxygens (including phenoxy) is 1. The first-order valence-electron chi connectivity index (χ1n) is 7.80. The lowest BCUT2D eigenvalue weighted by Crippen LogP contribution is -2.27. The molecule has 1 unspecified atom stereocenters. The number of halogens is 1. The smallest absolute Gasteiger partial charge is 0.309 e. The number of nitrogens with zero attached hydrogens (tertiary/aromatic N) is 1. The summed E-state index contributed by atoms with van der Waals surface area (Å²) < 4.78 is 5.32. The van der Waals surface area contributed by atoms with Gasteiger partial charge in [0.05, 0.1) is 10.8 Å². The summed E-state index contributed by atoms with van der Waals surface area (Å²) in [5.41, 5.74) is 0.329. The number of benzene rings is 2. The zero-order valence-electron chi connectivity index (χ0n) is 14.1. The average Bonchev–Trinajstić information content (AvgIpc) is 2.61. The minimum Gasteiger partial charge on any atom is -0.447 e. The number of hydrogen-bond acceptors (Lipinski definition) is 5. The van der Waals surface area contributed by atoms with Gasteiger partial charge in [0, 0.05) is 17.3 Å². The molecule has 0 aromatic heterocycles. The van der Waals surface area contributed by atoms with Gasteiger partial charge in [-0.3, -0.25) is 19.7 Å². The Kier molecular flexibility index (Phi) is 6.30. The number of anilines is 1. The van der Waals surface area contributed by atoms with Gasteiger partial charge in [0.2, 0.25) is 6.10 Å². The normalized spacial score (nSPS) is 11.7.